The third-order valence-corrected chi connectivity index (χ3v) is 4.13. The maximum Gasteiger partial charge on any atom is 0.254 e. The number of hydrogen-bond donors (Lipinski definition) is 1. The van der Waals surface area contributed by atoms with Crippen molar-refractivity contribution >= 4 is 29.1 Å². The molecule has 25 heavy (non-hydrogen) atoms. The van der Waals surface area contributed by atoms with Crippen molar-refractivity contribution < 1.29 is 18.7 Å². The van der Waals surface area contributed by atoms with Gasteiger partial charge in [0.25, 0.3) is 11.8 Å². The fraction of sp³-hybridized carbons (Fsp3) is 0.222. The lowest BCUT2D eigenvalue weighted by molar-refractivity contribution is -0.129. The van der Waals surface area contributed by atoms with Crippen molar-refractivity contribution in [1.29, 1.82) is 0 Å². The van der Waals surface area contributed by atoms with E-state index in [1.165, 1.54) is 18.2 Å². The summed E-state index contributed by atoms with van der Waals surface area (Å²) in [6.07, 6.45) is -0.385. The highest BCUT2D eigenvalue weighted by atomic mass is 35.5. The molecule has 1 fully saturated rings. The van der Waals surface area contributed by atoms with E-state index in [0.717, 1.165) is 0 Å². The van der Waals surface area contributed by atoms with Crippen LogP contribution < -0.4 is 10.2 Å². The first-order valence-corrected chi connectivity index (χ1v) is 8.12. The third kappa shape index (κ3) is 4.15. The minimum atomic E-state index is -0.581. The van der Waals surface area contributed by atoms with Gasteiger partial charge in [-0.3, -0.25) is 9.59 Å². The summed E-state index contributed by atoms with van der Waals surface area (Å²) in [4.78, 5) is 25.7. The fourth-order valence-electron chi connectivity index (χ4n) is 2.57. The average Bonchev–Trinajstić information content (AvgIpc) is 2.62. The highest BCUT2D eigenvalue weighted by Gasteiger charge is 2.28. The molecule has 7 heteroatoms. The van der Waals surface area contributed by atoms with Crippen molar-refractivity contribution in [3.05, 3.63) is 64.9 Å². The summed E-state index contributed by atoms with van der Waals surface area (Å²) in [6, 6.07) is 12.7. The molecule has 0 radical (unpaired) electrons. The summed E-state index contributed by atoms with van der Waals surface area (Å²) in [5.74, 6) is -1.27. The van der Waals surface area contributed by atoms with Gasteiger partial charge in [0.05, 0.1) is 18.2 Å². The van der Waals surface area contributed by atoms with Gasteiger partial charge in [0.1, 0.15) is 12.4 Å². The summed E-state index contributed by atoms with van der Waals surface area (Å²) >= 11 is 5.86. The smallest absolute Gasteiger partial charge is 0.254 e. The van der Waals surface area contributed by atoms with Crippen LogP contribution >= 0.6 is 11.6 Å². The number of anilines is 1. The number of carbonyl (C=O) groups excluding carboxylic acids is 2. The maximum absolute atomic E-state index is 13.6. The fourth-order valence-corrected chi connectivity index (χ4v) is 2.69. The molecule has 1 heterocycles. The minimum Gasteiger partial charge on any atom is -0.365 e. The molecule has 1 aliphatic heterocycles. The predicted octanol–water partition coefficient (Wildman–Crippen LogP) is 2.64. The van der Waals surface area contributed by atoms with E-state index < -0.39 is 11.7 Å². The van der Waals surface area contributed by atoms with E-state index in [1.807, 2.05) is 0 Å². The van der Waals surface area contributed by atoms with E-state index in [0.29, 0.717) is 10.7 Å². The Morgan fingerprint density at radius 2 is 1.96 bits per heavy atom. The van der Waals surface area contributed by atoms with E-state index in [1.54, 1.807) is 35.2 Å². The zero-order valence-electron chi connectivity index (χ0n) is 13.2. The number of carbonyl (C=O) groups is 2. The van der Waals surface area contributed by atoms with Gasteiger partial charge >= 0.3 is 0 Å². The molecule has 130 valence electrons. The second-order valence-electron chi connectivity index (χ2n) is 5.60. The van der Waals surface area contributed by atoms with Crippen molar-refractivity contribution in [2.45, 2.75) is 6.10 Å². The first-order chi connectivity index (χ1) is 12.0. The maximum atomic E-state index is 13.6. The molecule has 0 bridgehead atoms. The zero-order chi connectivity index (χ0) is 17.8. The van der Waals surface area contributed by atoms with Crippen LogP contribution in [0.1, 0.15) is 10.4 Å². The number of rotatable bonds is 4. The van der Waals surface area contributed by atoms with Gasteiger partial charge < -0.3 is 15.0 Å². The number of benzene rings is 2. The first-order valence-electron chi connectivity index (χ1n) is 7.75. The molecule has 5 nitrogen and oxygen atoms in total. The molecule has 1 aliphatic rings. The molecule has 1 N–H and O–H groups in total. The molecule has 0 aliphatic carbocycles. The van der Waals surface area contributed by atoms with Crippen molar-refractivity contribution in [3.63, 3.8) is 0 Å². The van der Waals surface area contributed by atoms with Gasteiger partial charge in [-0.1, -0.05) is 23.7 Å². The number of morpholine rings is 1. The van der Waals surface area contributed by atoms with Crippen LogP contribution in [0.15, 0.2) is 48.5 Å². The third-order valence-electron chi connectivity index (χ3n) is 3.88. The number of ether oxygens (including phenoxy) is 1. The Kier molecular flexibility index (Phi) is 5.31. The standard InChI is InChI=1S/C18H16ClFN2O3/c19-12-5-7-13(8-6-12)22-10-14(25-11-17(22)23)9-21-18(24)15-3-1-2-4-16(15)20/h1-8,14H,9-11H2,(H,21,24). The molecule has 1 unspecified atom stereocenters. The molecule has 1 atom stereocenters. The first kappa shape index (κ1) is 17.4. The van der Waals surface area contributed by atoms with Crippen LogP contribution in [0.4, 0.5) is 10.1 Å². The number of nitrogens with zero attached hydrogens (tertiary/aromatic N) is 1. The molecular weight excluding hydrogens is 347 g/mol. The monoisotopic (exact) mass is 362 g/mol. The van der Waals surface area contributed by atoms with Crippen molar-refractivity contribution in [2.75, 3.05) is 24.6 Å². The van der Waals surface area contributed by atoms with E-state index in [9.17, 15) is 14.0 Å². The van der Waals surface area contributed by atoms with Gasteiger partial charge in [0.2, 0.25) is 0 Å². The predicted molar refractivity (Wildman–Crippen MR) is 92.3 cm³/mol. The average molecular weight is 363 g/mol. The molecule has 0 aromatic heterocycles. The molecular formula is C18H16ClFN2O3. The molecule has 0 saturated carbocycles. The van der Waals surface area contributed by atoms with Crippen LogP contribution in [0.25, 0.3) is 0 Å². The molecule has 3 rings (SSSR count). The van der Waals surface area contributed by atoms with Crippen molar-refractivity contribution in [1.82, 2.24) is 5.32 Å². The Morgan fingerprint density at radius 1 is 1.24 bits per heavy atom. The van der Waals surface area contributed by atoms with Gasteiger partial charge in [-0.2, -0.15) is 0 Å². The van der Waals surface area contributed by atoms with Gasteiger partial charge in [0.15, 0.2) is 0 Å². The van der Waals surface area contributed by atoms with Crippen molar-refractivity contribution in [3.8, 4) is 0 Å². The molecule has 2 aromatic carbocycles. The highest BCUT2D eigenvalue weighted by Crippen LogP contribution is 2.21. The second-order valence-corrected chi connectivity index (χ2v) is 6.04. The Hall–Kier alpha value is -2.44. The lowest BCUT2D eigenvalue weighted by Crippen LogP contribution is -2.50. The van der Waals surface area contributed by atoms with Crippen LogP contribution in [-0.2, 0) is 9.53 Å². The normalized spacial score (nSPS) is 17.4. The van der Waals surface area contributed by atoms with E-state index in [2.05, 4.69) is 5.32 Å². The SMILES string of the molecule is O=C(NCC1CN(c2ccc(Cl)cc2)C(=O)CO1)c1ccccc1F. The second kappa shape index (κ2) is 7.63. The summed E-state index contributed by atoms with van der Waals surface area (Å²) in [7, 11) is 0. The Labute approximate surface area is 149 Å². The minimum absolute atomic E-state index is 0.0241. The summed E-state index contributed by atoms with van der Waals surface area (Å²) in [6.45, 7) is 0.380. The quantitative estimate of drug-likeness (QED) is 0.909. The molecule has 0 spiro atoms. The van der Waals surface area contributed by atoms with Gasteiger partial charge in [-0.25, -0.2) is 4.39 Å². The van der Waals surface area contributed by atoms with Gasteiger partial charge in [-0.15, -0.1) is 0 Å². The highest BCUT2D eigenvalue weighted by molar-refractivity contribution is 6.30. The number of halogens is 2. The Balaban J connectivity index is 1.62. The number of nitrogens with one attached hydrogen (secondary N) is 1. The van der Waals surface area contributed by atoms with Gasteiger partial charge in [0, 0.05) is 17.3 Å². The molecule has 1 saturated heterocycles. The summed E-state index contributed by atoms with van der Waals surface area (Å²) < 4.78 is 19.1. The molecule has 2 amide bonds. The largest absolute Gasteiger partial charge is 0.365 e. The van der Waals surface area contributed by atoms with Gasteiger partial charge in [-0.05, 0) is 36.4 Å². The zero-order valence-corrected chi connectivity index (χ0v) is 14.0. The summed E-state index contributed by atoms with van der Waals surface area (Å²) in [5, 5.41) is 3.22. The van der Waals surface area contributed by atoms with Crippen LogP contribution in [0.5, 0.6) is 0 Å². The van der Waals surface area contributed by atoms with Crippen LogP contribution in [0.3, 0.4) is 0 Å². The lowest BCUT2D eigenvalue weighted by Gasteiger charge is -2.32. The van der Waals surface area contributed by atoms with E-state index >= 15 is 0 Å². The lowest BCUT2D eigenvalue weighted by atomic mass is 10.2. The van der Waals surface area contributed by atoms with Crippen LogP contribution in [0.2, 0.25) is 5.02 Å². The number of amides is 2. The Bertz CT molecular complexity index is 782. The summed E-state index contributed by atoms with van der Waals surface area (Å²) in [5.41, 5.74) is 0.687. The van der Waals surface area contributed by atoms with E-state index in [4.69, 9.17) is 16.3 Å². The van der Waals surface area contributed by atoms with Crippen LogP contribution in [-0.4, -0.2) is 37.6 Å². The van der Waals surface area contributed by atoms with E-state index in [-0.39, 0.29) is 37.3 Å². The Morgan fingerprint density at radius 3 is 2.68 bits per heavy atom. The number of hydrogen-bond acceptors (Lipinski definition) is 3. The van der Waals surface area contributed by atoms with Crippen molar-refractivity contribution in [2.24, 2.45) is 0 Å². The molecule has 2 aromatic rings. The van der Waals surface area contributed by atoms with Crippen LogP contribution in [0, 0.1) is 5.82 Å². The topological polar surface area (TPSA) is 58.6 Å².